The Balaban J connectivity index is 1.70. The van der Waals surface area contributed by atoms with Gasteiger partial charge < -0.3 is 10.1 Å². The maximum atomic E-state index is 5.57. The summed E-state index contributed by atoms with van der Waals surface area (Å²) in [5.41, 5.74) is 4.04. The molecule has 1 aliphatic rings. The highest BCUT2D eigenvalue weighted by atomic mass is 16.5. The van der Waals surface area contributed by atoms with Crippen molar-refractivity contribution in [2.45, 2.75) is 32.9 Å². The van der Waals surface area contributed by atoms with Crippen LogP contribution < -0.4 is 10.1 Å². The Bertz CT molecular complexity index is 592. The van der Waals surface area contributed by atoms with Gasteiger partial charge in [0.2, 0.25) is 0 Å². The molecule has 2 nitrogen and oxygen atoms in total. The summed E-state index contributed by atoms with van der Waals surface area (Å²) in [6, 6.07) is 17.6. The number of fused-ring (bicyclic) bond motifs is 1. The standard InChI is InChI=1S/C19H23NO/c1-14(2)19(16-6-4-3-5-7-16)20-13-15-8-9-18-17(12-15)10-11-21-18/h3-9,12,14,19-20H,10-11,13H2,1-2H3. The minimum atomic E-state index is 0.385. The van der Waals surface area contributed by atoms with Gasteiger partial charge in [-0.25, -0.2) is 0 Å². The van der Waals surface area contributed by atoms with Crippen LogP contribution in [-0.4, -0.2) is 6.61 Å². The molecule has 0 spiro atoms. The van der Waals surface area contributed by atoms with Crippen molar-refractivity contribution >= 4 is 0 Å². The Morgan fingerprint density at radius 2 is 1.90 bits per heavy atom. The molecule has 0 saturated heterocycles. The van der Waals surface area contributed by atoms with Crippen LogP contribution in [0, 0.1) is 5.92 Å². The predicted molar refractivity (Wildman–Crippen MR) is 86.5 cm³/mol. The summed E-state index contributed by atoms with van der Waals surface area (Å²) in [4.78, 5) is 0. The average Bonchev–Trinajstić information content (AvgIpc) is 2.96. The van der Waals surface area contributed by atoms with Crippen LogP contribution in [0.1, 0.15) is 36.6 Å². The van der Waals surface area contributed by atoms with Crippen LogP contribution in [0.2, 0.25) is 0 Å². The van der Waals surface area contributed by atoms with Crippen LogP contribution in [0.15, 0.2) is 48.5 Å². The molecule has 1 heterocycles. The van der Waals surface area contributed by atoms with E-state index in [1.807, 2.05) is 0 Å². The Morgan fingerprint density at radius 1 is 1.10 bits per heavy atom. The summed E-state index contributed by atoms with van der Waals surface area (Å²) in [6.45, 7) is 6.25. The molecule has 0 aromatic heterocycles. The molecule has 0 amide bonds. The van der Waals surface area contributed by atoms with Gasteiger partial charge in [-0.1, -0.05) is 56.3 Å². The first-order chi connectivity index (χ1) is 10.2. The van der Waals surface area contributed by atoms with E-state index in [2.05, 4.69) is 67.7 Å². The number of hydrogen-bond donors (Lipinski definition) is 1. The van der Waals surface area contributed by atoms with E-state index in [1.165, 1.54) is 16.7 Å². The van der Waals surface area contributed by atoms with Crippen LogP contribution in [0.25, 0.3) is 0 Å². The zero-order valence-corrected chi connectivity index (χ0v) is 12.8. The van der Waals surface area contributed by atoms with Gasteiger partial charge in [-0.15, -0.1) is 0 Å². The number of ether oxygens (including phenoxy) is 1. The number of benzene rings is 2. The van der Waals surface area contributed by atoms with Crippen molar-refractivity contribution in [1.29, 1.82) is 0 Å². The van der Waals surface area contributed by atoms with E-state index in [-0.39, 0.29) is 0 Å². The summed E-state index contributed by atoms with van der Waals surface area (Å²) in [5.74, 6) is 1.62. The first kappa shape index (κ1) is 14.2. The Kier molecular flexibility index (Phi) is 4.26. The summed E-state index contributed by atoms with van der Waals surface area (Å²) in [5, 5.41) is 3.70. The molecule has 1 N–H and O–H groups in total. The van der Waals surface area contributed by atoms with E-state index < -0.39 is 0 Å². The van der Waals surface area contributed by atoms with Gasteiger partial charge >= 0.3 is 0 Å². The Labute approximate surface area is 127 Å². The summed E-state index contributed by atoms with van der Waals surface area (Å²) >= 11 is 0. The van der Waals surface area contributed by atoms with Crippen LogP contribution in [0.4, 0.5) is 0 Å². The smallest absolute Gasteiger partial charge is 0.122 e. The summed E-state index contributed by atoms with van der Waals surface area (Å²) < 4.78 is 5.57. The molecule has 2 aromatic carbocycles. The van der Waals surface area contributed by atoms with Gasteiger partial charge in [-0.2, -0.15) is 0 Å². The maximum absolute atomic E-state index is 5.57. The van der Waals surface area contributed by atoms with Crippen molar-refractivity contribution in [3.8, 4) is 5.75 Å². The highest BCUT2D eigenvalue weighted by molar-refractivity contribution is 5.39. The van der Waals surface area contributed by atoms with Crippen molar-refractivity contribution in [3.63, 3.8) is 0 Å². The van der Waals surface area contributed by atoms with Crippen molar-refractivity contribution in [3.05, 3.63) is 65.2 Å². The Hall–Kier alpha value is -1.80. The van der Waals surface area contributed by atoms with Crippen molar-refractivity contribution in [2.24, 2.45) is 5.92 Å². The number of nitrogens with one attached hydrogen (secondary N) is 1. The van der Waals surface area contributed by atoms with E-state index in [1.54, 1.807) is 0 Å². The van der Waals surface area contributed by atoms with Crippen molar-refractivity contribution < 1.29 is 4.74 Å². The van der Waals surface area contributed by atoms with Crippen LogP contribution in [-0.2, 0) is 13.0 Å². The highest BCUT2D eigenvalue weighted by Gasteiger charge is 2.16. The molecule has 21 heavy (non-hydrogen) atoms. The van der Waals surface area contributed by atoms with E-state index >= 15 is 0 Å². The maximum Gasteiger partial charge on any atom is 0.122 e. The first-order valence-electron chi connectivity index (χ1n) is 7.77. The molecule has 0 bridgehead atoms. The van der Waals surface area contributed by atoms with Crippen molar-refractivity contribution in [2.75, 3.05) is 6.61 Å². The average molecular weight is 281 g/mol. The molecule has 0 fully saturated rings. The molecule has 110 valence electrons. The van der Waals surface area contributed by atoms with E-state index in [0.29, 0.717) is 12.0 Å². The third-order valence-electron chi connectivity index (χ3n) is 4.11. The van der Waals surface area contributed by atoms with Crippen LogP contribution in [0.5, 0.6) is 5.75 Å². The zero-order chi connectivity index (χ0) is 14.7. The van der Waals surface area contributed by atoms with Gasteiger partial charge in [0, 0.05) is 19.0 Å². The molecule has 1 atom stereocenters. The second kappa shape index (κ2) is 6.31. The molecular weight excluding hydrogens is 258 g/mol. The van der Waals surface area contributed by atoms with Gasteiger partial charge in [0.15, 0.2) is 0 Å². The third kappa shape index (κ3) is 3.27. The summed E-state index contributed by atoms with van der Waals surface area (Å²) in [6.07, 6.45) is 1.04. The molecule has 2 aromatic rings. The molecule has 0 radical (unpaired) electrons. The van der Waals surface area contributed by atoms with Gasteiger partial charge in [0.05, 0.1) is 6.61 Å². The lowest BCUT2D eigenvalue weighted by Gasteiger charge is -2.23. The molecular formula is C19H23NO. The third-order valence-corrected chi connectivity index (χ3v) is 4.11. The van der Waals surface area contributed by atoms with E-state index in [4.69, 9.17) is 4.74 Å². The van der Waals surface area contributed by atoms with Crippen LogP contribution >= 0.6 is 0 Å². The minimum Gasteiger partial charge on any atom is -0.493 e. The first-order valence-corrected chi connectivity index (χ1v) is 7.77. The van der Waals surface area contributed by atoms with E-state index in [9.17, 15) is 0 Å². The fourth-order valence-corrected chi connectivity index (χ4v) is 2.98. The van der Waals surface area contributed by atoms with Crippen molar-refractivity contribution in [1.82, 2.24) is 5.32 Å². The molecule has 1 unspecified atom stereocenters. The lowest BCUT2D eigenvalue weighted by atomic mass is 9.95. The van der Waals surface area contributed by atoms with Gasteiger partial charge in [-0.3, -0.25) is 0 Å². The summed E-state index contributed by atoms with van der Waals surface area (Å²) in [7, 11) is 0. The molecule has 2 heteroatoms. The lowest BCUT2D eigenvalue weighted by Crippen LogP contribution is -2.25. The number of hydrogen-bond acceptors (Lipinski definition) is 2. The predicted octanol–water partition coefficient (Wildman–Crippen LogP) is 4.11. The van der Waals surface area contributed by atoms with E-state index in [0.717, 1.165) is 25.3 Å². The monoisotopic (exact) mass is 281 g/mol. The zero-order valence-electron chi connectivity index (χ0n) is 12.8. The molecule has 1 aliphatic heterocycles. The fourth-order valence-electron chi connectivity index (χ4n) is 2.98. The SMILES string of the molecule is CC(C)C(NCc1ccc2c(c1)CCO2)c1ccccc1. The molecule has 3 rings (SSSR count). The molecule has 0 aliphatic carbocycles. The van der Waals surface area contributed by atoms with Crippen LogP contribution in [0.3, 0.4) is 0 Å². The van der Waals surface area contributed by atoms with Gasteiger partial charge in [0.25, 0.3) is 0 Å². The second-order valence-electron chi connectivity index (χ2n) is 6.05. The lowest BCUT2D eigenvalue weighted by molar-refractivity contribution is 0.356. The van der Waals surface area contributed by atoms with Gasteiger partial charge in [-0.05, 0) is 28.7 Å². The fraction of sp³-hybridized carbons (Fsp3) is 0.368. The normalized spacial score (nSPS) is 14.8. The minimum absolute atomic E-state index is 0.385. The Morgan fingerprint density at radius 3 is 2.67 bits per heavy atom. The van der Waals surface area contributed by atoms with Gasteiger partial charge in [0.1, 0.15) is 5.75 Å². The quantitative estimate of drug-likeness (QED) is 0.890. The topological polar surface area (TPSA) is 21.3 Å². The largest absolute Gasteiger partial charge is 0.493 e. The number of rotatable bonds is 5. The highest BCUT2D eigenvalue weighted by Crippen LogP contribution is 2.27. The molecule has 0 saturated carbocycles. The second-order valence-corrected chi connectivity index (χ2v) is 6.05.